The Labute approximate surface area is 141 Å². The van der Waals surface area contributed by atoms with E-state index < -0.39 is 0 Å². The molecule has 0 radical (unpaired) electrons. The first-order valence-corrected chi connectivity index (χ1v) is 8.20. The van der Waals surface area contributed by atoms with Crippen LogP contribution in [0.25, 0.3) is 0 Å². The van der Waals surface area contributed by atoms with E-state index in [1.165, 1.54) is 0 Å². The van der Waals surface area contributed by atoms with E-state index in [0.29, 0.717) is 26.3 Å². The summed E-state index contributed by atoms with van der Waals surface area (Å²) in [6.45, 7) is 4.10. The Morgan fingerprint density at radius 3 is 2.83 bits per heavy atom. The highest BCUT2D eigenvalue weighted by atomic mass is 16.5. The maximum Gasteiger partial charge on any atom is 0.244 e. The number of pyridine rings is 1. The molecule has 1 aliphatic rings. The van der Waals surface area contributed by atoms with Crippen molar-refractivity contribution in [1.82, 2.24) is 24.6 Å². The summed E-state index contributed by atoms with van der Waals surface area (Å²) in [5.74, 6) is 0.0806. The Hall–Kier alpha value is -2.25. The molecule has 3 rings (SSSR count). The van der Waals surface area contributed by atoms with Crippen LogP contribution >= 0.6 is 0 Å². The lowest BCUT2D eigenvalue weighted by Crippen LogP contribution is -2.46. The van der Waals surface area contributed by atoms with E-state index in [9.17, 15) is 4.79 Å². The van der Waals surface area contributed by atoms with Crippen molar-refractivity contribution >= 4 is 5.91 Å². The van der Waals surface area contributed by atoms with Crippen molar-refractivity contribution < 1.29 is 9.53 Å². The van der Waals surface area contributed by atoms with Gasteiger partial charge in [0, 0.05) is 51.5 Å². The number of carbonyl (C=O) groups excluding carboxylic acids is 1. The largest absolute Gasteiger partial charge is 0.379 e. The molecule has 0 aromatic carbocycles. The van der Waals surface area contributed by atoms with Gasteiger partial charge in [-0.3, -0.25) is 19.4 Å². The molecule has 1 aliphatic heterocycles. The monoisotopic (exact) mass is 329 g/mol. The van der Waals surface area contributed by atoms with Gasteiger partial charge in [-0.15, -0.1) is 0 Å². The molecule has 1 fully saturated rings. The van der Waals surface area contributed by atoms with Crippen LogP contribution in [0.15, 0.2) is 43.0 Å². The number of ether oxygens (including phenoxy) is 1. The van der Waals surface area contributed by atoms with Gasteiger partial charge in [0.25, 0.3) is 0 Å². The van der Waals surface area contributed by atoms with Gasteiger partial charge in [-0.1, -0.05) is 6.07 Å². The molecule has 0 spiro atoms. The van der Waals surface area contributed by atoms with Gasteiger partial charge in [0.15, 0.2) is 0 Å². The number of nitrogens with zero attached hydrogens (tertiary/aromatic N) is 5. The molecule has 0 aliphatic carbocycles. The topological polar surface area (TPSA) is 63.5 Å². The summed E-state index contributed by atoms with van der Waals surface area (Å²) in [6, 6.07) is 5.41. The Kier molecular flexibility index (Phi) is 5.55. The molecule has 0 bridgehead atoms. The van der Waals surface area contributed by atoms with Crippen LogP contribution in [-0.4, -0.2) is 70.4 Å². The highest BCUT2D eigenvalue weighted by Gasteiger charge is 2.31. The summed E-state index contributed by atoms with van der Waals surface area (Å²) in [6.07, 6.45) is 7.15. The van der Waals surface area contributed by atoms with Crippen molar-refractivity contribution in [3.05, 3.63) is 48.5 Å². The Bertz CT molecular complexity index is 626. The first-order valence-electron chi connectivity index (χ1n) is 8.20. The molecule has 0 unspecified atom stereocenters. The molecule has 1 amide bonds. The first kappa shape index (κ1) is 16.6. The molecular weight excluding hydrogens is 306 g/mol. The van der Waals surface area contributed by atoms with Crippen molar-refractivity contribution in [3.63, 3.8) is 0 Å². The van der Waals surface area contributed by atoms with Crippen LogP contribution in [0, 0.1) is 0 Å². The average Bonchev–Trinajstić information content (AvgIpc) is 3.15. The summed E-state index contributed by atoms with van der Waals surface area (Å²) in [4.78, 5) is 21.2. The van der Waals surface area contributed by atoms with Crippen molar-refractivity contribution in [2.24, 2.45) is 0 Å². The lowest BCUT2D eigenvalue weighted by molar-refractivity contribution is -0.138. The van der Waals surface area contributed by atoms with Crippen molar-refractivity contribution in [3.8, 4) is 0 Å². The van der Waals surface area contributed by atoms with Gasteiger partial charge in [-0.05, 0) is 17.7 Å². The second-order valence-corrected chi connectivity index (χ2v) is 5.87. The van der Waals surface area contributed by atoms with E-state index in [4.69, 9.17) is 4.74 Å². The van der Waals surface area contributed by atoms with Crippen LogP contribution in [0.2, 0.25) is 0 Å². The van der Waals surface area contributed by atoms with Gasteiger partial charge < -0.3 is 9.64 Å². The van der Waals surface area contributed by atoms with Crippen LogP contribution in [0.4, 0.5) is 0 Å². The maximum atomic E-state index is 13.1. The molecule has 1 saturated heterocycles. The van der Waals surface area contributed by atoms with Gasteiger partial charge in [0.2, 0.25) is 5.91 Å². The molecular formula is C17H23N5O2. The minimum absolute atomic E-state index is 0.0806. The summed E-state index contributed by atoms with van der Waals surface area (Å²) < 4.78 is 7.26. The number of likely N-dealkylation sites (N-methyl/N-ethyl adjacent to an activating group) is 1. The number of rotatable bonds is 6. The smallest absolute Gasteiger partial charge is 0.244 e. The minimum atomic E-state index is -0.315. The molecule has 0 saturated carbocycles. The van der Waals surface area contributed by atoms with Crippen LogP contribution in [-0.2, 0) is 16.1 Å². The van der Waals surface area contributed by atoms with E-state index in [1.54, 1.807) is 23.5 Å². The molecule has 1 atom stereocenters. The fraction of sp³-hybridized carbons (Fsp3) is 0.471. The van der Waals surface area contributed by atoms with Gasteiger partial charge in [-0.2, -0.15) is 5.10 Å². The summed E-state index contributed by atoms with van der Waals surface area (Å²) >= 11 is 0. The van der Waals surface area contributed by atoms with Crippen LogP contribution in [0.5, 0.6) is 0 Å². The van der Waals surface area contributed by atoms with Crippen molar-refractivity contribution in [1.29, 1.82) is 0 Å². The number of carbonyl (C=O) groups is 1. The normalized spacial score (nSPS) is 16.7. The third kappa shape index (κ3) is 3.98. The third-order valence-corrected chi connectivity index (χ3v) is 4.24. The second kappa shape index (κ2) is 8.03. The highest BCUT2D eigenvalue weighted by Crippen LogP contribution is 2.23. The Morgan fingerprint density at radius 2 is 2.17 bits per heavy atom. The number of aromatic nitrogens is 3. The molecule has 128 valence electrons. The molecule has 24 heavy (non-hydrogen) atoms. The van der Waals surface area contributed by atoms with Gasteiger partial charge >= 0.3 is 0 Å². The maximum absolute atomic E-state index is 13.1. The number of amides is 1. The fourth-order valence-electron chi connectivity index (χ4n) is 2.89. The zero-order valence-corrected chi connectivity index (χ0v) is 13.9. The van der Waals surface area contributed by atoms with E-state index in [-0.39, 0.29) is 11.9 Å². The Balaban J connectivity index is 1.72. The van der Waals surface area contributed by atoms with E-state index in [2.05, 4.69) is 15.0 Å². The third-order valence-electron chi connectivity index (χ3n) is 4.24. The molecule has 3 heterocycles. The molecule has 7 nitrogen and oxygen atoms in total. The first-order chi connectivity index (χ1) is 11.8. The molecule has 0 N–H and O–H groups in total. The molecule has 2 aromatic rings. The molecule has 7 heteroatoms. The van der Waals surface area contributed by atoms with Gasteiger partial charge in [-0.25, -0.2) is 0 Å². The predicted octanol–water partition coefficient (Wildman–Crippen LogP) is 0.810. The quantitative estimate of drug-likeness (QED) is 0.785. The summed E-state index contributed by atoms with van der Waals surface area (Å²) in [5.41, 5.74) is 0.926. The second-order valence-electron chi connectivity index (χ2n) is 5.87. The minimum Gasteiger partial charge on any atom is -0.379 e. The number of hydrogen-bond donors (Lipinski definition) is 0. The van der Waals surface area contributed by atoms with E-state index in [1.807, 2.05) is 36.1 Å². The SMILES string of the molecule is CN(CCn1cccn1)C(=O)[C@H](c1cccnc1)N1CCOCC1. The fourth-order valence-corrected chi connectivity index (χ4v) is 2.89. The van der Waals surface area contributed by atoms with E-state index in [0.717, 1.165) is 18.7 Å². The van der Waals surface area contributed by atoms with Crippen molar-refractivity contribution in [2.75, 3.05) is 39.9 Å². The summed E-state index contributed by atoms with van der Waals surface area (Å²) in [5, 5.41) is 4.18. The highest BCUT2D eigenvalue weighted by molar-refractivity contribution is 5.83. The lowest BCUT2D eigenvalue weighted by Gasteiger charge is -2.35. The van der Waals surface area contributed by atoms with Crippen LogP contribution in [0.3, 0.4) is 0 Å². The van der Waals surface area contributed by atoms with Gasteiger partial charge in [0.1, 0.15) is 6.04 Å². The lowest BCUT2D eigenvalue weighted by atomic mass is 10.1. The number of hydrogen-bond acceptors (Lipinski definition) is 5. The Morgan fingerprint density at radius 1 is 1.33 bits per heavy atom. The standard InChI is InChI=1S/C17H23N5O2/c1-20(8-9-22-7-3-6-19-22)17(23)16(15-4-2-5-18-14-15)21-10-12-24-13-11-21/h2-7,14,16H,8-13H2,1H3/t16-/m0/s1. The molecule has 2 aromatic heterocycles. The van der Waals surface area contributed by atoms with Crippen LogP contribution in [0.1, 0.15) is 11.6 Å². The average molecular weight is 329 g/mol. The van der Waals surface area contributed by atoms with Crippen molar-refractivity contribution in [2.45, 2.75) is 12.6 Å². The zero-order chi connectivity index (χ0) is 16.8. The predicted molar refractivity (Wildman–Crippen MR) is 89.2 cm³/mol. The zero-order valence-electron chi connectivity index (χ0n) is 13.9. The summed E-state index contributed by atoms with van der Waals surface area (Å²) in [7, 11) is 1.84. The van der Waals surface area contributed by atoms with E-state index >= 15 is 0 Å². The van der Waals surface area contributed by atoms with Crippen LogP contribution < -0.4 is 0 Å². The van der Waals surface area contributed by atoms with Gasteiger partial charge in [0.05, 0.1) is 19.8 Å². The number of morpholine rings is 1.